The lowest BCUT2D eigenvalue weighted by molar-refractivity contribution is 0.794. The molecule has 1 spiro atoms. The summed E-state index contributed by atoms with van der Waals surface area (Å²) in [6.07, 6.45) is 0. The highest BCUT2D eigenvalue weighted by molar-refractivity contribution is 7.26. The quantitative estimate of drug-likeness (QED) is 0.168. The van der Waals surface area contributed by atoms with Crippen LogP contribution >= 0.6 is 11.3 Å². The molecule has 0 saturated carbocycles. The van der Waals surface area contributed by atoms with Gasteiger partial charge in [-0.1, -0.05) is 164 Å². The minimum atomic E-state index is -0.397. The molecule has 268 valence electrons. The lowest BCUT2D eigenvalue weighted by Gasteiger charge is -2.30. The Morgan fingerprint density at radius 3 is 1.52 bits per heavy atom. The molecule has 13 rings (SSSR count). The van der Waals surface area contributed by atoms with Gasteiger partial charge in [-0.2, -0.15) is 0 Å². The summed E-state index contributed by atoms with van der Waals surface area (Å²) in [6, 6.07) is 71.1. The fourth-order valence-corrected chi connectivity index (χ4v) is 11.4. The van der Waals surface area contributed by atoms with Crippen molar-refractivity contribution in [2.45, 2.75) is 5.41 Å². The maximum Gasteiger partial charge on any atom is 0.0972 e. The average molecular weight is 753 g/mol. The molecule has 3 heterocycles. The van der Waals surface area contributed by atoms with Crippen LogP contribution < -0.4 is 0 Å². The number of hydrogen-bond donors (Lipinski definition) is 0. The zero-order valence-electron chi connectivity index (χ0n) is 31.3. The smallest absolute Gasteiger partial charge is 0.0972 e. The first-order valence-electron chi connectivity index (χ1n) is 19.9. The first-order valence-corrected chi connectivity index (χ1v) is 20.7. The number of nitrogens with zero attached hydrogens (tertiary/aromatic N) is 2. The average Bonchev–Trinajstić information content (AvgIpc) is 3.93. The summed E-state index contributed by atoms with van der Waals surface area (Å²) >= 11 is 1.87. The minimum Gasteiger partial charge on any atom is -0.245 e. The van der Waals surface area contributed by atoms with Crippen LogP contribution in [0.2, 0.25) is 0 Å². The van der Waals surface area contributed by atoms with Gasteiger partial charge in [0.15, 0.2) is 0 Å². The molecule has 0 unspecified atom stereocenters. The van der Waals surface area contributed by atoms with Gasteiger partial charge in [0.25, 0.3) is 0 Å². The van der Waals surface area contributed by atoms with E-state index in [9.17, 15) is 0 Å². The Kier molecular flexibility index (Phi) is 6.56. The topological polar surface area (TPSA) is 25.8 Å². The highest BCUT2D eigenvalue weighted by Crippen LogP contribution is 2.63. The van der Waals surface area contributed by atoms with Crippen LogP contribution in [0.25, 0.3) is 97.9 Å². The third-order valence-electron chi connectivity index (χ3n) is 12.7. The van der Waals surface area contributed by atoms with Crippen molar-refractivity contribution in [2.24, 2.45) is 0 Å². The summed E-state index contributed by atoms with van der Waals surface area (Å²) in [5.74, 6) is 0. The van der Waals surface area contributed by atoms with Crippen molar-refractivity contribution in [2.75, 3.05) is 0 Å². The molecule has 0 fully saturated rings. The number of benzene rings is 8. The van der Waals surface area contributed by atoms with Gasteiger partial charge in [-0.05, 0) is 86.0 Å². The van der Waals surface area contributed by atoms with E-state index in [-0.39, 0.29) is 0 Å². The van der Waals surface area contributed by atoms with Gasteiger partial charge < -0.3 is 0 Å². The van der Waals surface area contributed by atoms with Gasteiger partial charge in [0, 0.05) is 42.1 Å². The number of pyridine rings is 2. The Morgan fingerprint density at radius 1 is 0.345 bits per heavy atom. The summed E-state index contributed by atoms with van der Waals surface area (Å²) in [5.41, 5.74) is 18.5. The Labute approximate surface area is 339 Å². The molecule has 0 atom stereocenters. The summed E-state index contributed by atoms with van der Waals surface area (Å²) in [4.78, 5) is 10.8. The van der Waals surface area contributed by atoms with E-state index in [1.165, 1.54) is 75.8 Å². The number of thiophene rings is 1. The minimum absolute atomic E-state index is 0.397. The van der Waals surface area contributed by atoms with Crippen molar-refractivity contribution < 1.29 is 0 Å². The van der Waals surface area contributed by atoms with E-state index in [1.54, 1.807) is 0 Å². The zero-order chi connectivity index (χ0) is 38.0. The predicted molar refractivity (Wildman–Crippen MR) is 243 cm³/mol. The summed E-state index contributed by atoms with van der Waals surface area (Å²) in [5, 5.41) is 4.78. The first-order chi connectivity index (χ1) is 28.7. The van der Waals surface area contributed by atoms with Gasteiger partial charge >= 0.3 is 0 Å². The number of rotatable bonds is 3. The van der Waals surface area contributed by atoms with Crippen LogP contribution in [-0.2, 0) is 5.41 Å². The zero-order valence-corrected chi connectivity index (χ0v) is 32.1. The fraction of sp³-hybridized carbons (Fsp3) is 0.0182. The van der Waals surface area contributed by atoms with E-state index >= 15 is 0 Å². The molecule has 58 heavy (non-hydrogen) atoms. The van der Waals surface area contributed by atoms with Crippen LogP contribution in [0.4, 0.5) is 0 Å². The molecular formula is C55H32N2S. The molecule has 0 aliphatic heterocycles. The second kappa shape index (κ2) is 11.9. The number of aromatic nitrogens is 2. The second-order valence-electron chi connectivity index (χ2n) is 15.6. The standard InChI is InChI=1S/C55H32N2S/c1-5-19-45-39(13-1)40-14-2-6-20-46(40)55(45)47-21-7-3-15-41(47)42-28-25-37(32-48(42)55)50-30-27-34-24-23-33-26-29-49(56-52(33)53(34)57-50)36-12-9-11-35(31-36)38-17-10-18-44-43-16-4-8-22-51(43)58-54(38)44/h1-32H. The normalized spacial score (nSPS) is 13.3. The van der Waals surface area contributed by atoms with Crippen molar-refractivity contribution in [3.63, 3.8) is 0 Å². The highest BCUT2D eigenvalue weighted by atomic mass is 32.1. The lowest BCUT2D eigenvalue weighted by Crippen LogP contribution is -2.25. The van der Waals surface area contributed by atoms with E-state index in [4.69, 9.17) is 9.97 Å². The molecule has 2 nitrogen and oxygen atoms in total. The number of hydrogen-bond acceptors (Lipinski definition) is 3. The molecule has 3 heteroatoms. The van der Waals surface area contributed by atoms with Crippen LogP contribution in [0.5, 0.6) is 0 Å². The predicted octanol–water partition coefficient (Wildman–Crippen LogP) is 14.5. The molecule has 0 bridgehead atoms. The van der Waals surface area contributed by atoms with Crippen molar-refractivity contribution >= 4 is 53.3 Å². The lowest BCUT2D eigenvalue weighted by atomic mass is 9.70. The van der Waals surface area contributed by atoms with E-state index in [2.05, 4.69) is 194 Å². The van der Waals surface area contributed by atoms with E-state index in [0.29, 0.717) is 0 Å². The molecule has 0 saturated heterocycles. The molecular weight excluding hydrogens is 721 g/mol. The third kappa shape index (κ3) is 4.31. The molecule has 2 aliphatic rings. The molecule has 11 aromatic rings. The monoisotopic (exact) mass is 752 g/mol. The summed E-state index contributed by atoms with van der Waals surface area (Å²) in [7, 11) is 0. The van der Waals surface area contributed by atoms with Gasteiger partial charge in [-0.15, -0.1) is 11.3 Å². The van der Waals surface area contributed by atoms with Crippen LogP contribution in [0.15, 0.2) is 194 Å². The molecule has 2 aliphatic carbocycles. The molecule has 8 aromatic carbocycles. The van der Waals surface area contributed by atoms with Crippen molar-refractivity contribution in [1.29, 1.82) is 0 Å². The van der Waals surface area contributed by atoms with E-state index in [1.807, 2.05) is 11.3 Å². The van der Waals surface area contributed by atoms with Gasteiger partial charge in [0.2, 0.25) is 0 Å². The first kappa shape index (κ1) is 31.9. The highest BCUT2D eigenvalue weighted by Gasteiger charge is 2.51. The Hall–Kier alpha value is -7.20. The SMILES string of the molecule is c1cc(-c2ccc3ccc4ccc(-c5ccc6c(c5)C5(c7ccccc7-c7ccccc75)c5ccccc5-6)nc4c3n2)cc(-c2cccc3c2sc2ccccc23)c1. The molecule has 3 aromatic heterocycles. The molecule has 0 amide bonds. The number of fused-ring (bicyclic) bond motifs is 16. The van der Waals surface area contributed by atoms with Crippen LogP contribution in [0.1, 0.15) is 22.3 Å². The van der Waals surface area contributed by atoms with Crippen molar-refractivity contribution in [3.8, 4) is 55.9 Å². The molecule has 0 radical (unpaired) electrons. The van der Waals surface area contributed by atoms with Crippen LogP contribution in [-0.4, -0.2) is 9.97 Å². The van der Waals surface area contributed by atoms with E-state index < -0.39 is 5.41 Å². The van der Waals surface area contributed by atoms with E-state index in [0.717, 1.165) is 44.3 Å². The maximum absolute atomic E-state index is 5.45. The van der Waals surface area contributed by atoms with Gasteiger partial charge in [0.1, 0.15) is 0 Å². The van der Waals surface area contributed by atoms with Crippen LogP contribution in [0, 0.1) is 0 Å². The summed E-state index contributed by atoms with van der Waals surface area (Å²) in [6.45, 7) is 0. The van der Waals surface area contributed by atoms with Crippen LogP contribution in [0.3, 0.4) is 0 Å². The Bertz CT molecular complexity index is 3470. The third-order valence-corrected chi connectivity index (χ3v) is 13.9. The van der Waals surface area contributed by atoms with Gasteiger partial charge in [-0.25, -0.2) is 9.97 Å². The largest absolute Gasteiger partial charge is 0.245 e. The molecule has 0 N–H and O–H groups in total. The van der Waals surface area contributed by atoms with Gasteiger partial charge in [-0.3, -0.25) is 0 Å². The maximum atomic E-state index is 5.45. The Balaban J connectivity index is 0.957. The van der Waals surface area contributed by atoms with Crippen molar-refractivity contribution in [1.82, 2.24) is 9.97 Å². The van der Waals surface area contributed by atoms with Crippen molar-refractivity contribution in [3.05, 3.63) is 216 Å². The Morgan fingerprint density at radius 2 is 0.845 bits per heavy atom. The summed E-state index contributed by atoms with van der Waals surface area (Å²) < 4.78 is 2.63. The fourth-order valence-electron chi connectivity index (χ4n) is 10.2. The van der Waals surface area contributed by atoms with Gasteiger partial charge in [0.05, 0.1) is 27.8 Å². The second-order valence-corrected chi connectivity index (χ2v) is 16.7.